The maximum Gasteiger partial charge on any atom is 0.291 e. The standard InChI is InChI=1S/C10H16N4O3/c1-7-12-8(14-13-7)9(15)11-6-10(16)2-4-17-5-3-10/h16H,2-6H2,1H3,(H,11,15)(H,12,13,14). The van der Waals surface area contributed by atoms with Crippen molar-refractivity contribution in [3.05, 3.63) is 11.6 Å². The maximum absolute atomic E-state index is 11.6. The number of aryl methyl sites for hydroxylation is 1. The molecule has 3 N–H and O–H groups in total. The van der Waals surface area contributed by atoms with Crippen molar-refractivity contribution in [2.45, 2.75) is 25.4 Å². The predicted octanol–water partition coefficient (Wildman–Crippen LogP) is -0.616. The lowest BCUT2D eigenvalue weighted by Gasteiger charge is -2.31. The predicted molar refractivity (Wildman–Crippen MR) is 58.5 cm³/mol. The van der Waals surface area contributed by atoms with Crippen molar-refractivity contribution >= 4 is 5.91 Å². The molecule has 0 radical (unpaired) electrons. The van der Waals surface area contributed by atoms with Gasteiger partial charge in [-0.3, -0.25) is 9.89 Å². The summed E-state index contributed by atoms with van der Waals surface area (Å²) in [6.07, 6.45) is 1.06. The van der Waals surface area contributed by atoms with E-state index in [4.69, 9.17) is 4.74 Å². The fourth-order valence-corrected chi connectivity index (χ4v) is 1.70. The number of aromatic amines is 1. The number of aromatic nitrogens is 3. The van der Waals surface area contributed by atoms with Crippen LogP contribution >= 0.6 is 0 Å². The third kappa shape index (κ3) is 3.01. The van der Waals surface area contributed by atoms with Crippen LogP contribution in [0.1, 0.15) is 29.3 Å². The number of hydrogen-bond acceptors (Lipinski definition) is 5. The van der Waals surface area contributed by atoms with Crippen molar-refractivity contribution in [1.29, 1.82) is 0 Å². The molecule has 0 bridgehead atoms. The van der Waals surface area contributed by atoms with Crippen LogP contribution in [0.3, 0.4) is 0 Å². The summed E-state index contributed by atoms with van der Waals surface area (Å²) in [4.78, 5) is 15.6. The molecule has 1 fully saturated rings. The Hall–Kier alpha value is -1.47. The van der Waals surface area contributed by atoms with E-state index in [1.165, 1.54) is 0 Å². The molecule has 0 unspecified atom stereocenters. The third-order valence-corrected chi connectivity index (χ3v) is 2.80. The Balaban J connectivity index is 1.87. The molecule has 1 aromatic rings. The minimum absolute atomic E-state index is 0.0955. The summed E-state index contributed by atoms with van der Waals surface area (Å²) >= 11 is 0. The topological polar surface area (TPSA) is 100 Å². The summed E-state index contributed by atoms with van der Waals surface area (Å²) in [5.41, 5.74) is -0.876. The molecule has 7 nitrogen and oxygen atoms in total. The van der Waals surface area contributed by atoms with E-state index in [0.717, 1.165) is 0 Å². The minimum atomic E-state index is -0.876. The molecule has 1 saturated heterocycles. The molecular formula is C10H16N4O3. The van der Waals surface area contributed by atoms with Gasteiger partial charge >= 0.3 is 0 Å². The lowest BCUT2D eigenvalue weighted by molar-refractivity contribution is -0.0605. The summed E-state index contributed by atoms with van der Waals surface area (Å²) < 4.78 is 5.16. The number of nitrogens with zero attached hydrogens (tertiary/aromatic N) is 2. The number of hydrogen-bond donors (Lipinski definition) is 3. The highest BCUT2D eigenvalue weighted by molar-refractivity contribution is 5.90. The Morgan fingerprint density at radius 2 is 2.29 bits per heavy atom. The number of rotatable bonds is 3. The second kappa shape index (κ2) is 4.80. The molecule has 0 spiro atoms. The molecule has 1 aliphatic heterocycles. The van der Waals surface area contributed by atoms with Crippen LogP contribution in [-0.4, -0.2) is 51.6 Å². The van der Waals surface area contributed by atoms with Gasteiger partial charge in [-0.25, -0.2) is 4.98 Å². The lowest BCUT2D eigenvalue weighted by Crippen LogP contribution is -2.46. The van der Waals surface area contributed by atoms with E-state index in [0.29, 0.717) is 31.9 Å². The second-order valence-electron chi connectivity index (χ2n) is 4.26. The zero-order chi connectivity index (χ0) is 12.3. The monoisotopic (exact) mass is 240 g/mol. The summed E-state index contributed by atoms with van der Waals surface area (Å²) in [6, 6.07) is 0. The first-order valence-corrected chi connectivity index (χ1v) is 5.56. The molecule has 1 amide bonds. The second-order valence-corrected chi connectivity index (χ2v) is 4.26. The molecule has 0 saturated carbocycles. The van der Waals surface area contributed by atoms with Gasteiger partial charge in [0.15, 0.2) is 0 Å². The first kappa shape index (κ1) is 12.0. The van der Waals surface area contributed by atoms with Gasteiger partial charge in [0, 0.05) is 32.6 Å². The molecule has 1 aromatic heterocycles. The molecule has 2 rings (SSSR count). The van der Waals surface area contributed by atoms with Gasteiger partial charge in [-0.05, 0) is 6.92 Å². The highest BCUT2D eigenvalue weighted by atomic mass is 16.5. The van der Waals surface area contributed by atoms with Crippen LogP contribution in [0, 0.1) is 6.92 Å². The fourth-order valence-electron chi connectivity index (χ4n) is 1.70. The quantitative estimate of drug-likeness (QED) is 0.654. The molecule has 17 heavy (non-hydrogen) atoms. The van der Waals surface area contributed by atoms with Gasteiger partial charge in [-0.15, -0.1) is 5.10 Å². The van der Waals surface area contributed by atoms with Gasteiger partial charge in [0.05, 0.1) is 5.60 Å². The molecule has 0 aliphatic carbocycles. The number of nitrogens with one attached hydrogen (secondary N) is 2. The number of H-pyrrole nitrogens is 1. The molecular weight excluding hydrogens is 224 g/mol. The highest BCUT2D eigenvalue weighted by Gasteiger charge is 2.30. The van der Waals surface area contributed by atoms with Crippen LogP contribution in [0.5, 0.6) is 0 Å². The van der Waals surface area contributed by atoms with Gasteiger partial charge in [-0.1, -0.05) is 0 Å². The van der Waals surface area contributed by atoms with Crippen molar-refractivity contribution in [2.75, 3.05) is 19.8 Å². The van der Waals surface area contributed by atoms with Crippen molar-refractivity contribution in [3.8, 4) is 0 Å². The molecule has 0 aromatic carbocycles. The van der Waals surface area contributed by atoms with Gasteiger partial charge in [-0.2, -0.15) is 0 Å². The molecule has 7 heteroatoms. The Bertz CT molecular complexity index is 398. The molecule has 0 atom stereocenters. The first-order chi connectivity index (χ1) is 8.09. The Morgan fingerprint density at radius 1 is 1.59 bits per heavy atom. The van der Waals surface area contributed by atoms with Crippen LogP contribution in [0.25, 0.3) is 0 Å². The summed E-state index contributed by atoms with van der Waals surface area (Å²) in [6.45, 7) is 2.96. The van der Waals surface area contributed by atoms with E-state index >= 15 is 0 Å². The van der Waals surface area contributed by atoms with E-state index in [2.05, 4.69) is 20.5 Å². The van der Waals surface area contributed by atoms with Crippen LogP contribution < -0.4 is 5.32 Å². The summed E-state index contributed by atoms with van der Waals surface area (Å²) in [5.74, 6) is 0.298. The van der Waals surface area contributed by atoms with E-state index < -0.39 is 5.60 Å². The number of ether oxygens (including phenoxy) is 1. The zero-order valence-corrected chi connectivity index (χ0v) is 9.69. The average Bonchev–Trinajstić information content (AvgIpc) is 2.74. The van der Waals surface area contributed by atoms with Gasteiger partial charge < -0.3 is 15.2 Å². The Morgan fingerprint density at radius 3 is 2.88 bits per heavy atom. The van der Waals surface area contributed by atoms with Gasteiger partial charge in [0.25, 0.3) is 5.91 Å². The molecule has 94 valence electrons. The van der Waals surface area contributed by atoms with E-state index in [-0.39, 0.29) is 18.3 Å². The number of carbonyl (C=O) groups is 1. The van der Waals surface area contributed by atoms with Crippen LogP contribution in [-0.2, 0) is 4.74 Å². The van der Waals surface area contributed by atoms with E-state index in [1.54, 1.807) is 6.92 Å². The minimum Gasteiger partial charge on any atom is -0.388 e. The van der Waals surface area contributed by atoms with Crippen molar-refractivity contribution in [1.82, 2.24) is 20.5 Å². The Labute approximate surface area is 98.6 Å². The molecule has 2 heterocycles. The van der Waals surface area contributed by atoms with Crippen LogP contribution in [0.2, 0.25) is 0 Å². The van der Waals surface area contributed by atoms with Gasteiger partial charge in [0.2, 0.25) is 5.82 Å². The first-order valence-electron chi connectivity index (χ1n) is 5.56. The zero-order valence-electron chi connectivity index (χ0n) is 9.69. The maximum atomic E-state index is 11.6. The summed E-state index contributed by atoms with van der Waals surface area (Å²) in [7, 11) is 0. The highest BCUT2D eigenvalue weighted by Crippen LogP contribution is 2.19. The summed E-state index contributed by atoms with van der Waals surface area (Å²) in [5, 5.41) is 19.1. The normalized spacial score (nSPS) is 18.9. The van der Waals surface area contributed by atoms with Crippen LogP contribution in [0.15, 0.2) is 0 Å². The average molecular weight is 240 g/mol. The largest absolute Gasteiger partial charge is 0.388 e. The van der Waals surface area contributed by atoms with E-state index in [1.807, 2.05) is 0 Å². The van der Waals surface area contributed by atoms with Crippen LogP contribution in [0.4, 0.5) is 0 Å². The van der Waals surface area contributed by atoms with Crippen molar-refractivity contribution in [2.24, 2.45) is 0 Å². The lowest BCUT2D eigenvalue weighted by atomic mass is 9.94. The fraction of sp³-hybridized carbons (Fsp3) is 0.700. The Kier molecular flexibility index (Phi) is 3.39. The SMILES string of the molecule is Cc1nc(C(=O)NCC2(O)CCOCC2)n[nH]1. The van der Waals surface area contributed by atoms with Crippen molar-refractivity contribution < 1.29 is 14.6 Å². The van der Waals surface area contributed by atoms with Gasteiger partial charge in [0.1, 0.15) is 5.82 Å². The number of amides is 1. The smallest absolute Gasteiger partial charge is 0.291 e. The molecule has 1 aliphatic rings. The number of aliphatic hydroxyl groups is 1. The van der Waals surface area contributed by atoms with E-state index in [9.17, 15) is 9.90 Å². The number of carbonyl (C=O) groups excluding carboxylic acids is 1. The van der Waals surface area contributed by atoms with Crippen molar-refractivity contribution in [3.63, 3.8) is 0 Å². The third-order valence-electron chi connectivity index (χ3n) is 2.80.